The first-order valence-electron chi connectivity index (χ1n) is 5.38. The smallest absolute Gasteiger partial charge is 0.251 e. The quantitative estimate of drug-likeness (QED) is 0.897. The number of thiazole rings is 1. The zero-order valence-corrected chi connectivity index (χ0v) is 12.1. The van der Waals surface area contributed by atoms with Gasteiger partial charge in [0.2, 0.25) is 5.91 Å². The van der Waals surface area contributed by atoms with Gasteiger partial charge in [0.25, 0.3) is 5.91 Å². The van der Waals surface area contributed by atoms with Gasteiger partial charge in [0.1, 0.15) is 0 Å². The first kappa shape index (κ1) is 13.7. The van der Waals surface area contributed by atoms with Gasteiger partial charge in [0.15, 0.2) is 5.13 Å². The van der Waals surface area contributed by atoms with Crippen LogP contribution in [-0.2, 0) is 4.79 Å². The Morgan fingerprint density at radius 3 is 2.89 bits per heavy atom. The van der Waals surface area contributed by atoms with E-state index in [9.17, 15) is 9.59 Å². The Bertz CT molecular complexity index is 586. The molecule has 2 rings (SSSR count). The third kappa shape index (κ3) is 4.15. The first-order chi connectivity index (χ1) is 9.15. The number of nitrogens with zero attached hydrogens (tertiary/aromatic N) is 1. The molecule has 0 atom stereocenters. The zero-order valence-electron chi connectivity index (χ0n) is 9.72. The average Bonchev–Trinajstić information content (AvgIpc) is 2.88. The molecule has 0 saturated heterocycles. The third-order valence-corrected chi connectivity index (χ3v) is 3.36. The van der Waals surface area contributed by atoms with Gasteiger partial charge < -0.3 is 10.6 Å². The van der Waals surface area contributed by atoms with E-state index >= 15 is 0 Å². The molecule has 0 aliphatic carbocycles. The number of nitrogens with one attached hydrogen (secondary N) is 2. The monoisotopic (exact) mass is 339 g/mol. The molecule has 1 heterocycles. The Morgan fingerprint density at radius 2 is 2.21 bits per heavy atom. The van der Waals surface area contributed by atoms with Gasteiger partial charge in [-0.2, -0.15) is 0 Å². The van der Waals surface area contributed by atoms with E-state index in [4.69, 9.17) is 0 Å². The molecule has 1 aromatic heterocycles. The van der Waals surface area contributed by atoms with Crippen LogP contribution in [0.3, 0.4) is 0 Å². The van der Waals surface area contributed by atoms with Gasteiger partial charge in [-0.25, -0.2) is 4.98 Å². The highest BCUT2D eigenvalue weighted by molar-refractivity contribution is 9.10. The summed E-state index contributed by atoms with van der Waals surface area (Å²) in [5.41, 5.74) is 0.497. The standard InChI is InChI=1S/C12H10BrN3O2S/c13-9-3-1-2-8(6-9)11(18)15-7-10(17)16-12-14-4-5-19-12/h1-6H,7H2,(H,15,18)(H,14,16,17). The zero-order chi connectivity index (χ0) is 13.7. The van der Waals surface area contributed by atoms with Crippen molar-refractivity contribution in [2.75, 3.05) is 11.9 Å². The van der Waals surface area contributed by atoms with Crippen LogP contribution in [-0.4, -0.2) is 23.3 Å². The molecule has 0 aliphatic heterocycles. The number of carbonyl (C=O) groups excluding carboxylic acids is 2. The largest absolute Gasteiger partial charge is 0.343 e. The van der Waals surface area contributed by atoms with Crippen molar-refractivity contribution in [3.05, 3.63) is 45.9 Å². The lowest BCUT2D eigenvalue weighted by Crippen LogP contribution is -2.32. The molecule has 0 fully saturated rings. The van der Waals surface area contributed by atoms with Crippen molar-refractivity contribution in [2.45, 2.75) is 0 Å². The van der Waals surface area contributed by atoms with Gasteiger partial charge in [-0.05, 0) is 18.2 Å². The molecule has 0 aliphatic rings. The molecule has 0 spiro atoms. The predicted molar refractivity (Wildman–Crippen MR) is 77.2 cm³/mol. The van der Waals surface area contributed by atoms with Gasteiger partial charge in [0, 0.05) is 21.6 Å². The van der Waals surface area contributed by atoms with Crippen LogP contribution in [0.15, 0.2) is 40.3 Å². The Kier molecular flexibility index (Phi) is 4.64. The summed E-state index contributed by atoms with van der Waals surface area (Å²) >= 11 is 4.61. The number of anilines is 1. The number of amides is 2. The minimum atomic E-state index is -0.307. The van der Waals surface area contributed by atoms with Crippen molar-refractivity contribution < 1.29 is 9.59 Å². The highest BCUT2D eigenvalue weighted by Gasteiger charge is 2.09. The number of carbonyl (C=O) groups is 2. The van der Waals surface area contributed by atoms with Crippen LogP contribution in [0.4, 0.5) is 5.13 Å². The van der Waals surface area contributed by atoms with E-state index in [0.29, 0.717) is 10.7 Å². The number of halogens is 1. The second kappa shape index (κ2) is 6.44. The van der Waals surface area contributed by atoms with Crippen molar-refractivity contribution in [1.29, 1.82) is 0 Å². The lowest BCUT2D eigenvalue weighted by atomic mass is 10.2. The molecular weight excluding hydrogens is 330 g/mol. The lowest BCUT2D eigenvalue weighted by molar-refractivity contribution is -0.115. The van der Waals surface area contributed by atoms with Gasteiger partial charge in [-0.1, -0.05) is 22.0 Å². The van der Waals surface area contributed by atoms with Gasteiger partial charge in [0.05, 0.1) is 6.54 Å². The van der Waals surface area contributed by atoms with E-state index in [0.717, 1.165) is 4.47 Å². The minimum Gasteiger partial charge on any atom is -0.343 e. The van der Waals surface area contributed by atoms with E-state index in [2.05, 4.69) is 31.5 Å². The molecule has 0 saturated carbocycles. The molecule has 98 valence electrons. The SMILES string of the molecule is O=C(CNC(=O)c1cccc(Br)c1)Nc1nccs1. The maximum absolute atomic E-state index is 11.8. The number of benzene rings is 1. The third-order valence-electron chi connectivity index (χ3n) is 2.17. The molecule has 0 unspecified atom stereocenters. The topological polar surface area (TPSA) is 71.1 Å². The fourth-order valence-electron chi connectivity index (χ4n) is 1.34. The lowest BCUT2D eigenvalue weighted by Gasteiger charge is -2.05. The Hall–Kier alpha value is -1.73. The van der Waals surface area contributed by atoms with Crippen molar-refractivity contribution >= 4 is 44.2 Å². The minimum absolute atomic E-state index is 0.0923. The summed E-state index contributed by atoms with van der Waals surface area (Å²) in [5, 5.41) is 7.40. The fraction of sp³-hybridized carbons (Fsp3) is 0.0833. The van der Waals surface area contributed by atoms with Gasteiger partial charge in [-0.15, -0.1) is 11.3 Å². The van der Waals surface area contributed by atoms with Gasteiger partial charge in [-0.3, -0.25) is 9.59 Å². The molecular formula is C12H10BrN3O2S. The first-order valence-corrected chi connectivity index (χ1v) is 7.05. The van der Waals surface area contributed by atoms with E-state index < -0.39 is 0 Å². The maximum Gasteiger partial charge on any atom is 0.251 e. The number of hydrogen-bond donors (Lipinski definition) is 2. The molecule has 5 nitrogen and oxygen atoms in total. The Balaban J connectivity index is 1.85. The fourth-order valence-corrected chi connectivity index (χ4v) is 2.29. The summed E-state index contributed by atoms with van der Waals surface area (Å²) in [6, 6.07) is 6.95. The normalized spacial score (nSPS) is 9.95. The van der Waals surface area contributed by atoms with Crippen molar-refractivity contribution in [1.82, 2.24) is 10.3 Å². The molecule has 2 aromatic rings. The average molecular weight is 340 g/mol. The van der Waals surface area contributed by atoms with Crippen molar-refractivity contribution in [3.63, 3.8) is 0 Å². The maximum atomic E-state index is 11.8. The van der Waals surface area contributed by atoms with Crippen molar-refractivity contribution in [2.24, 2.45) is 0 Å². The van der Waals surface area contributed by atoms with Gasteiger partial charge >= 0.3 is 0 Å². The molecule has 0 bridgehead atoms. The van der Waals surface area contributed by atoms with E-state index in [-0.39, 0.29) is 18.4 Å². The van der Waals surface area contributed by atoms with Crippen LogP contribution in [0.25, 0.3) is 0 Å². The molecule has 2 amide bonds. The number of hydrogen-bond acceptors (Lipinski definition) is 4. The van der Waals surface area contributed by atoms with Crippen molar-refractivity contribution in [3.8, 4) is 0 Å². The van der Waals surface area contributed by atoms with Crippen LogP contribution in [0.5, 0.6) is 0 Å². The van der Waals surface area contributed by atoms with Crippen LogP contribution in [0.2, 0.25) is 0 Å². The molecule has 7 heteroatoms. The predicted octanol–water partition coefficient (Wildman–Crippen LogP) is 2.27. The van der Waals surface area contributed by atoms with E-state index in [1.54, 1.807) is 29.8 Å². The van der Waals surface area contributed by atoms with Crippen LogP contribution < -0.4 is 10.6 Å². The van der Waals surface area contributed by atoms with Crippen LogP contribution >= 0.6 is 27.3 Å². The highest BCUT2D eigenvalue weighted by atomic mass is 79.9. The number of aromatic nitrogens is 1. The molecule has 1 aromatic carbocycles. The van der Waals surface area contributed by atoms with Crippen LogP contribution in [0.1, 0.15) is 10.4 Å². The molecule has 19 heavy (non-hydrogen) atoms. The van der Waals surface area contributed by atoms with E-state index in [1.807, 2.05) is 6.07 Å². The summed E-state index contributed by atoms with van der Waals surface area (Å²) in [6.07, 6.45) is 1.60. The summed E-state index contributed by atoms with van der Waals surface area (Å²) in [6.45, 7) is -0.0923. The summed E-state index contributed by atoms with van der Waals surface area (Å²) < 4.78 is 0.812. The second-order valence-electron chi connectivity index (χ2n) is 3.58. The Labute approximate surface area is 122 Å². The molecule has 0 radical (unpaired) electrons. The second-order valence-corrected chi connectivity index (χ2v) is 5.39. The van der Waals surface area contributed by atoms with Crippen LogP contribution in [0, 0.1) is 0 Å². The summed E-state index contributed by atoms with van der Waals surface area (Å²) in [5.74, 6) is -0.603. The summed E-state index contributed by atoms with van der Waals surface area (Å²) in [7, 11) is 0. The molecule has 2 N–H and O–H groups in total. The highest BCUT2D eigenvalue weighted by Crippen LogP contribution is 2.11. The summed E-state index contributed by atoms with van der Waals surface area (Å²) in [4.78, 5) is 27.2. The number of rotatable bonds is 4. The Morgan fingerprint density at radius 1 is 1.37 bits per heavy atom. The van der Waals surface area contributed by atoms with E-state index in [1.165, 1.54) is 11.3 Å².